The van der Waals surface area contributed by atoms with Gasteiger partial charge in [-0.05, 0) is 53.4 Å². The van der Waals surface area contributed by atoms with Gasteiger partial charge in [0.25, 0.3) is 5.91 Å². The second-order valence-corrected chi connectivity index (χ2v) is 7.90. The average Bonchev–Trinajstić information content (AvgIpc) is 3.35. The zero-order valence-electron chi connectivity index (χ0n) is 16.9. The van der Waals surface area contributed by atoms with Crippen LogP contribution in [0, 0.1) is 0 Å². The highest BCUT2D eigenvalue weighted by molar-refractivity contribution is 7.09. The van der Waals surface area contributed by atoms with E-state index >= 15 is 0 Å². The summed E-state index contributed by atoms with van der Waals surface area (Å²) in [5.74, 6) is 1.31. The normalized spacial score (nSPS) is 10.5. The summed E-state index contributed by atoms with van der Waals surface area (Å²) in [6.45, 7) is 1.40. The highest BCUT2D eigenvalue weighted by Crippen LogP contribution is 2.18. The van der Waals surface area contributed by atoms with E-state index in [1.807, 2.05) is 66.0 Å². The Morgan fingerprint density at radius 3 is 2.52 bits per heavy atom. The fourth-order valence-corrected chi connectivity index (χ4v) is 3.53. The van der Waals surface area contributed by atoms with Crippen molar-refractivity contribution in [2.75, 3.05) is 0 Å². The molecule has 1 amide bonds. The molecule has 0 bridgehead atoms. The number of hydrogen-bond acceptors (Lipinski definition) is 5. The molecule has 0 aliphatic heterocycles. The van der Waals surface area contributed by atoms with Crippen molar-refractivity contribution in [3.63, 3.8) is 0 Å². The van der Waals surface area contributed by atoms with Crippen LogP contribution in [0.4, 0.5) is 0 Å². The molecular formula is C25H22N2O3S. The van der Waals surface area contributed by atoms with Gasteiger partial charge in [-0.2, -0.15) is 0 Å². The molecule has 0 spiro atoms. The van der Waals surface area contributed by atoms with Crippen LogP contribution in [-0.4, -0.2) is 10.9 Å². The number of aromatic nitrogens is 1. The van der Waals surface area contributed by atoms with E-state index in [4.69, 9.17) is 9.47 Å². The Balaban J connectivity index is 1.26. The maximum atomic E-state index is 12.5. The fourth-order valence-electron chi connectivity index (χ4n) is 2.91. The second kappa shape index (κ2) is 10.4. The first-order valence-corrected chi connectivity index (χ1v) is 10.8. The Bertz CT molecular complexity index is 1100. The number of nitrogens with zero attached hydrogens (tertiary/aromatic N) is 1. The Morgan fingerprint density at radius 1 is 0.871 bits per heavy atom. The summed E-state index contributed by atoms with van der Waals surface area (Å²) < 4.78 is 11.5. The van der Waals surface area contributed by atoms with Crippen LogP contribution in [0.3, 0.4) is 0 Å². The standard InChI is InChI=1S/C25H22N2O3S/c28-25(21-5-1-6-23(14-21)30-18-24-7-3-13-31-24)27-16-19-8-10-22(11-9-19)29-17-20-4-2-12-26-15-20/h1-15H,16-18H2,(H,27,28). The number of ether oxygens (including phenoxy) is 2. The molecule has 31 heavy (non-hydrogen) atoms. The van der Waals surface area contributed by atoms with E-state index in [1.165, 1.54) is 0 Å². The summed E-state index contributed by atoms with van der Waals surface area (Å²) in [5.41, 5.74) is 2.58. The van der Waals surface area contributed by atoms with Gasteiger partial charge in [-0.1, -0.05) is 30.3 Å². The van der Waals surface area contributed by atoms with Gasteiger partial charge in [0.15, 0.2) is 0 Å². The highest BCUT2D eigenvalue weighted by atomic mass is 32.1. The lowest BCUT2D eigenvalue weighted by atomic mass is 10.2. The van der Waals surface area contributed by atoms with Crippen molar-refractivity contribution in [3.8, 4) is 11.5 Å². The summed E-state index contributed by atoms with van der Waals surface area (Å²) in [6.07, 6.45) is 3.52. The molecule has 5 nitrogen and oxygen atoms in total. The monoisotopic (exact) mass is 430 g/mol. The predicted molar refractivity (Wildman–Crippen MR) is 121 cm³/mol. The van der Waals surface area contributed by atoms with Crippen molar-refractivity contribution in [3.05, 3.63) is 112 Å². The maximum absolute atomic E-state index is 12.5. The smallest absolute Gasteiger partial charge is 0.251 e. The number of nitrogens with one attached hydrogen (secondary N) is 1. The minimum atomic E-state index is -0.140. The molecule has 0 saturated carbocycles. The first kappa shape index (κ1) is 20.6. The minimum absolute atomic E-state index is 0.140. The molecule has 2 aromatic heterocycles. The lowest BCUT2D eigenvalue weighted by Gasteiger charge is -2.09. The van der Waals surface area contributed by atoms with E-state index in [-0.39, 0.29) is 5.91 Å². The van der Waals surface area contributed by atoms with Crippen LogP contribution >= 0.6 is 11.3 Å². The van der Waals surface area contributed by atoms with Gasteiger partial charge in [0.05, 0.1) is 0 Å². The van der Waals surface area contributed by atoms with Gasteiger partial charge in [-0.15, -0.1) is 11.3 Å². The molecular weight excluding hydrogens is 408 g/mol. The summed E-state index contributed by atoms with van der Waals surface area (Å²) in [5, 5.41) is 4.96. The first-order valence-electron chi connectivity index (χ1n) is 9.90. The highest BCUT2D eigenvalue weighted by Gasteiger charge is 2.07. The molecule has 0 aliphatic carbocycles. The van der Waals surface area contributed by atoms with Crippen LogP contribution in [0.5, 0.6) is 11.5 Å². The van der Waals surface area contributed by atoms with Gasteiger partial charge >= 0.3 is 0 Å². The van der Waals surface area contributed by atoms with Crippen molar-refractivity contribution in [1.29, 1.82) is 0 Å². The number of pyridine rings is 1. The number of carbonyl (C=O) groups excluding carboxylic acids is 1. The van der Waals surface area contributed by atoms with E-state index in [2.05, 4.69) is 10.3 Å². The molecule has 0 aliphatic rings. The van der Waals surface area contributed by atoms with Gasteiger partial charge in [0.1, 0.15) is 24.7 Å². The number of thiophene rings is 1. The van der Waals surface area contributed by atoms with E-state index in [0.29, 0.717) is 31.1 Å². The molecule has 4 rings (SSSR count). The van der Waals surface area contributed by atoms with Crippen molar-refractivity contribution >= 4 is 17.2 Å². The molecule has 156 valence electrons. The number of amides is 1. The molecule has 6 heteroatoms. The molecule has 2 aromatic carbocycles. The molecule has 0 radical (unpaired) electrons. The summed E-state index contributed by atoms with van der Waals surface area (Å²) in [4.78, 5) is 17.8. The molecule has 0 fully saturated rings. The Hall–Kier alpha value is -3.64. The summed E-state index contributed by atoms with van der Waals surface area (Å²) in [6, 6.07) is 22.8. The van der Waals surface area contributed by atoms with Crippen molar-refractivity contribution in [1.82, 2.24) is 10.3 Å². The molecule has 2 heterocycles. The third kappa shape index (κ3) is 6.17. The van der Waals surface area contributed by atoms with E-state index in [9.17, 15) is 4.79 Å². The fraction of sp³-hybridized carbons (Fsp3) is 0.120. The molecule has 1 N–H and O–H groups in total. The van der Waals surface area contributed by atoms with Crippen LogP contribution in [0.15, 0.2) is 90.6 Å². The van der Waals surface area contributed by atoms with Gasteiger partial charge in [-0.25, -0.2) is 0 Å². The van der Waals surface area contributed by atoms with Crippen LogP contribution in [0.1, 0.15) is 26.4 Å². The molecule has 0 atom stereocenters. The third-order valence-corrected chi connectivity index (χ3v) is 5.41. The Morgan fingerprint density at radius 2 is 1.74 bits per heavy atom. The Kier molecular flexibility index (Phi) is 6.92. The topological polar surface area (TPSA) is 60.5 Å². The third-order valence-electron chi connectivity index (χ3n) is 4.56. The molecule has 0 unspecified atom stereocenters. The summed E-state index contributed by atoms with van der Waals surface area (Å²) in [7, 11) is 0. The zero-order chi connectivity index (χ0) is 21.3. The van der Waals surface area contributed by atoms with Gasteiger partial charge in [0.2, 0.25) is 0 Å². The predicted octanol–water partition coefficient (Wildman–Crippen LogP) is 5.23. The Labute approximate surface area is 185 Å². The molecule has 4 aromatic rings. The van der Waals surface area contributed by atoms with Gasteiger partial charge < -0.3 is 14.8 Å². The lowest BCUT2D eigenvalue weighted by Crippen LogP contribution is -2.22. The number of benzene rings is 2. The van der Waals surface area contributed by atoms with E-state index < -0.39 is 0 Å². The van der Waals surface area contributed by atoms with Crippen LogP contribution < -0.4 is 14.8 Å². The van der Waals surface area contributed by atoms with E-state index in [1.54, 1.807) is 35.9 Å². The van der Waals surface area contributed by atoms with Crippen molar-refractivity contribution < 1.29 is 14.3 Å². The average molecular weight is 431 g/mol. The quantitative estimate of drug-likeness (QED) is 0.395. The largest absolute Gasteiger partial charge is 0.489 e. The van der Waals surface area contributed by atoms with Crippen LogP contribution in [-0.2, 0) is 19.8 Å². The number of carbonyl (C=O) groups is 1. The van der Waals surface area contributed by atoms with Crippen LogP contribution in [0.25, 0.3) is 0 Å². The minimum Gasteiger partial charge on any atom is -0.489 e. The SMILES string of the molecule is O=C(NCc1ccc(OCc2cccnc2)cc1)c1cccc(OCc2cccs2)c1. The van der Waals surface area contributed by atoms with Crippen molar-refractivity contribution in [2.45, 2.75) is 19.8 Å². The zero-order valence-corrected chi connectivity index (χ0v) is 17.7. The summed E-state index contributed by atoms with van der Waals surface area (Å²) >= 11 is 1.65. The van der Waals surface area contributed by atoms with Crippen molar-refractivity contribution in [2.24, 2.45) is 0 Å². The lowest BCUT2D eigenvalue weighted by molar-refractivity contribution is 0.0950. The number of hydrogen-bond donors (Lipinski definition) is 1. The second-order valence-electron chi connectivity index (χ2n) is 6.87. The number of rotatable bonds is 9. The van der Waals surface area contributed by atoms with E-state index in [0.717, 1.165) is 21.8 Å². The maximum Gasteiger partial charge on any atom is 0.251 e. The molecule has 0 saturated heterocycles. The van der Waals surface area contributed by atoms with Gasteiger partial charge in [0, 0.05) is 34.9 Å². The van der Waals surface area contributed by atoms with Crippen LogP contribution in [0.2, 0.25) is 0 Å². The van der Waals surface area contributed by atoms with Gasteiger partial charge in [-0.3, -0.25) is 9.78 Å². The first-order chi connectivity index (χ1) is 15.3.